The van der Waals surface area contributed by atoms with Crippen molar-refractivity contribution in [2.24, 2.45) is 0 Å². The van der Waals surface area contributed by atoms with Gasteiger partial charge in [0, 0.05) is 6.20 Å². The van der Waals surface area contributed by atoms with Crippen molar-refractivity contribution in [1.29, 1.82) is 0 Å². The molecule has 5 nitrogen and oxygen atoms in total. The van der Waals surface area contributed by atoms with Crippen LogP contribution < -0.4 is 10.0 Å². The van der Waals surface area contributed by atoms with Gasteiger partial charge in [-0.1, -0.05) is 25.1 Å². The van der Waals surface area contributed by atoms with Crippen LogP contribution >= 0.6 is 0 Å². The molecule has 0 radical (unpaired) electrons. The third kappa shape index (κ3) is 3.59. The van der Waals surface area contributed by atoms with E-state index in [0.717, 1.165) is 17.7 Å². The number of hydrogen-bond acceptors (Lipinski definition) is 4. The highest BCUT2D eigenvalue weighted by Crippen LogP contribution is 2.21. The van der Waals surface area contributed by atoms with Crippen LogP contribution in [0.4, 0.5) is 5.69 Å². The molecule has 0 atom stereocenters. The van der Waals surface area contributed by atoms with Crippen LogP contribution in [-0.4, -0.2) is 20.4 Å². The molecule has 0 unspecified atom stereocenters. The fourth-order valence-electron chi connectivity index (χ4n) is 2.09. The Morgan fingerprint density at radius 1 is 1.14 bits per heavy atom. The molecule has 6 heteroatoms. The van der Waals surface area contributed by atoms with Gasteiger partial charge >= 0.3 is 0 Å². The molecule has 0 bridgehead atoms. The summed E-state index contributed by atoms with van der Waals surface area (Å²) < 4.78 is 26.3. The van der Waals surface area contributed by atoms with Gasteiger partial charge in [-0.15, -0.1) is 0 Å². The van der Waals surface area contributed by atoms with E-state index in [1.807, 2.05) is 12.1 Å². The van der Waals surface area contributed by atoms with E-state index in [1.165, 1.54) is 7.05 Å². The predicted molar refractivity (Wildman–Crippen MR) is 83.6 cm³/mol. The summed E-state index contributed by atoms with van der Waals surface area (Å²) >= 11 is 0. The van der Waals surface area contributed by atoms with Crippen molar-refractivity contribution >= 4 is 15.7 Å². The van der Waals surface area contributed by atoms with Crippen LogP contribution in [0.5, 0.6) is 0 Å². The molecule has 2 rings (SSSR count). The molecule has 112 valence electrons. The van der Waals surface area contributed by atoms with Crippen LogP contribution in [0.2, 0.25) is 0 Å². The van der Waals surface area contributed by atoms with E-state index < -0.39 is 10.0 Å². The lowest BCUT2D eigenvalue weighted by Crippen LogP contribution is -2.20. The van der Waals surface area contributed by atoms with E-state index in [-0.39, 0.29) is 4.90 Å². The van der Waals surface area contributed by atoms with Gasteiger partial charge in [-0.05, 0) is 37.2 Å². The van der Waals surface area contributed by atoms with E-state index in [4.69, 9.17) is 0 Å². The van der Waals surface area contributed by atoms with Crippen molar-refractivity contribution in [3.63, 3.8) is 0 Å². The Labute approximate surface area is 125 Å². The number of nitrogens with zero attached hydrogens (tertiary/aromatic N) is 1. The Morgan fingerprint density at radius 2 is 1.90 bits per heavy atom. The second kappa shape index (κ2) is 6.69. The fourth-order valence-corrected chi connectivity index (χ4v) is 3.00. The monoisotopic (exact) mass is 305 g/mol. The van der Waals surface area contributed by atoms with E-state index >= 15 is 0 Å². The Balaban J connectivity index is 2.25. The quantitative estimate of drug-likeness (QED) is 0.858. The summed E-state index contributed by atoms with van der Waals surface area (Å²) in [5.74, 6) is 0. The summed E-state index contributed by atoms with van der Waals surface area (Å²) in [6.07, 6.45) is 2.63. The second-order valence-corrected chi connectivity index (χ2v) is 6.37. The Kier molecular flexibility index (Phi) is 4.93. The van der Waals surface area contributed by atoms with E-state index in [2.05, 4.69) is 21.9 Å². The van der Waals surface area contributed by atoms with Crippen molar-refractivity contribution in [2.75, 3.05) is 12.4 Å². The first kappa shape index (κ1) is 15.5. The maximum atomic E-state index is 12.0. The SMILES string of the molecule is CCc1cccnc1CNc1ccccc1S(=O)(=O)NC. The van der Waals surface area contributed by atoms with Gasteiger partial charge < -0.3 is 5.32 Å². The minimum Gasteiger partial charge on any atom is -0.378 e. The molecule has 0 spiro atoms. The van der Waals surface area contributed by atoms with Crippen molar-refractivity contribution in [2.45, 2.75) is 24.8 Å². The summed E-state index contributed by atoms with van der Waals surface area (Å²) in [7, 11) is -2.08. The first-order valence-electron chi connectivity index (χ1n) is 6.77. The fraction of sp³-hybridized carbons (Fsp3) is 0.267. The number of nitrogens with one attached hydrogen (secondary N) is 2. The van der Waals surface area contributed by atoms with Gasteiger partial charge in [-0.2, -0.15) is 0 Å². The number of hydrogen-bond donors (Lipinski definition) is 2. The number of rotatable bonds is 6. The zero-order valence-corrected chi connectivity index (χ0v) is 12.9. The topological polar surface area (TPSA) is 71.1 Å². The van der Waals surface area contributed by atoms with E-state index in [0.29, 0.717) is 12.2 Å². The highest BCUT2D eigenvalue weighted by atomic mass is 32.2. The molecule has 0 aliphatic heterocycles. The van der Waals surface area contributed by atoms with Crippen LogP contribution in [0.1, 0.15) is 18.2 Å². The summed E-state index contributed by atoms with van der Waals surface area (Å²) in [6.45, 7) is 2.56. The number of aromatic nitrogens is 1. The van der Waals surface area contributed by atoms with Gasteiger partial charge in [-0.25, -0.2) is 13.1 Å². The highest BCUT2D eigenvalue weighted by Gasteiger charge is 2.15. The lowest BCUT2D eigenvalue weighted by atomic mass is 10.1. The van der Waals surface area contributed by atoms with Gasteiger partial charge in [0.05, 0.1) is 17.9 Å². The molecule has 0 saturated carbocycles. The maximum absolute atomic E-state index is 12.0. The molecule has 1 aromatic heterocycles. The predicted octanol–water partition coefficient (Wildman–Crippen LogP) is 2.16. The lowest BCUT2D eigenvalue weighted by Gasteiger charge is -2.13. The van der Waals surface area contributed by atoms with Crippen molar-refractivity contribution in [1.82, 2.24) is 9.71 Å². The number of anilines is 1. The van der Waals surface area contributed by atoms with Gasteiger partial charge in [0.1, 0.15) is 4.90 Å². The summed E-state index contributed by atoms with van der Waals surface area (Å²) in [4.78, 5) is 4.59. The van der Waals surface area contributed by atoms with E-state index in [1.54, 1.807) is 30.5 Å². The van der Waals surface area contributed by atoms with Crippen LogP contribution in [-0.2, 0) is 23.0 Å². The number of para-hydroxylation sites is 1. The molecule has 1 aromatic carbocycles. The molecule has 1 heterocycles. The number of pyridine rings is 1. The zero-order valence-electron chi connectivity index (χ0n) is 12.1. The summed E-state index contributed by atoms with van der Waals surface area (Å²) in [5.41, 5.74) is 2.65. The molecule has 2 aromatic rings. The van der Waals surface area contributed by atoms with Crippen LogP contribution in [0.15, 0.2) is 47.5 Å². The van der Waals surface area contributed by atoms with Crippen molar-refractivity contribution in [3.05, 3.63) is 53.9 Å². The van der Waals surface area contributed by atoms with Crippen molar-refractivity contribution < 1.29 is 8.42 Å². The van der Waals surface area contributed by atoms with Gasteiger partial charge in [0.15, 0.2) is 0 Å². The Morgan fingerprint density at radius 3 is 2.62 bits per heavy atom. The molecule has 21 heavy (non-hydrogen) atoms. The molecular formula is C15H19N3O2S. The summed E-state index contributed by atoms with van der Waals surface area (Å²) in [6, 6.07) is 10.8. The minimum atomic E-state index is -3.48. The third-order valence-corrected chi connectivity index (χ3v) is 4.73. The molecular weight excluding hydrogens is 286 g/mol. The summed E-state index contributed by atoms with van der Waals surface area (Å²) in [5, 5.41) is 3.16. The average molecular weight is 305 g/mol. The van der Waals surface area contributed by atoms with Gasteiger partial charge in [-0.3, -0.25) is 4.98 Å². The van der Waals surface area contributed by atoms with E-state index in [9.17, 15) is 8.42 Å². The molecule has 0 saturated heterocycles. The van der Waals surface area contributed by atoms with Gasteiger partial charge in [0.2, 0.25) is 10.0 Å². The lowest BCUT2D eigenvalue weighted by molar-refractivity contribution is 0.588. The van der Waals surface area contributed by atoms with Crippen LogP contribution in [0, 0.1) is 0 Å². The smallest absolute Gasteiger partial charge is 0.242 e. The normalized spacial score (nSPS) is 11.3. The zero-order chi connectivity index (χ0) is 15.3. The Bertz CT molecular complexity index is 714. The molecule has 0 aliphatic carbocycles. The largest absolute Gasteiger partial charge is 0.378 e. The van der Waals surface area contributed by atoms with Gasteiger partial charge in [0.25, 0.3) is 0 Å². The first-order valence-corrected chi connectivity index (χ1v) is 8.26. The van der Waals surface area contributed by atoms with Crippen LogP contribution in [0.25, 0.3) is 0 Å². The van der Waals surface area contributed by atoms with Crippen LogP contribution in [0.3, 0.4) is 0 Å². The maximum Gasteiger partial charge on any atom is 0.242 e. The molecule has 2 N–H and O–H groups in total. The molecule has 0 aliphatic rings. The number of sulfonamides is 1. The second-order valence-electron chi connectivity index (χ2n) is 4.52. The number of aryl methyl sites for hydroxylation is 1. The molecule has 0 fully saturated rings. The minimum absolute atomic E-state index is 0.237. The standard InChI is InChI=1S/C15H19N3O2S/c1-3-12-7-6-10-17-14(12)11-18-13-8-4-5-9-15(13)21(19,20)16-2/h4-10,16,18H,3,11H2,1-2H3. The average Bonchev–Trinajstić information content (AvgIpc) is 2.53. The Hall–Kier alpha value is -1.92. The number of benzene rings is 1. The van der Waals surface area contributed by atoms with Crippen molar-refractivity contribution in [3.8, 4) is 0 Å². The highest BCUT2D eigenvalue weighted by molar-refractivity contribution is 7.89. The first-order chi connectivity index (χ1) is 10.1. The molecule has 0 amide bonds. The third-order valence-electron chi connectivity index (χ3n) is 3.26.